The van der Waals surface area contributed by atoms with E-state index >= 15 is 0 Å². The lowest BCUT2D eigenvalue weighted by Gasteiger charge is -2.35. The fourth-order valence-corrected chi connectivity index (χ4v) is 3.66. The lowest BCUT2D eigenvalue weighted by Crippen LogP contribution is -2.43. The molecule has 21 heavy (non-hydrogen) atoms. The van der Waals surface area contributed by atoms with Gasteiger partial charge >= 0.3 is 5.97 Å². The van der Waals surface area contributed by atoms with Gasteiger partial charge < -0.3 is 14.6 Å². The molecular formula is C17H20N2O2. The topological polar surface area (TPSA) is 45.3 Å². The number of nitrogens with zero attached hydrogens (tertiary/aromatic N) is 1. The van der Waals surface area contributed by atoms with Crippen molar-refractivity contribution >= 4 is 16.9 Å². The highest BCUT2D eigenvalue weighted by atomic mass is 16.5. The molecule has 4 heteroatoms. The molecule has 0 spiro atoms. The predicted molar refractivity (Wildman–Crippen MR) is 81.3 cm³/mol. The number of ether oxygens (including phenoxy) is 1. The van der Waals surface area contributed by atoms with E-state index in [0.717, 1.165) is 25.7 Å². The zero-order valence-corrected chi connectivity index (χ0v) is 11.9. The van der Waals surface area contributed by atoms with Crippen molar-refractivity contribution in [3.05, 3.63) is 35.9 Å². The quantitative estimate of drug-likeness (QED) is 0.864. The van der Waals surface area contributed by atoms with Crippen molar-refractivity contribution in [3.8, 4) is 0 Å². The number of hydrogen-bond acceptors (Lipinski definition) is 3. The van der Waals surface area contributed by atoms with Crippen LogP contribution in [0.3, 0.4) is 0 Å². The summed E-state index contributed by atoms with van der Waals surface area (Å²) in [7, 11) is 2.12. The molecule has 1 aromatic heterocycles. The van der Waals surface area contributed by atoms with Gasteiger partial charge in [-0.2, -0.15) is 0 Å². The van der Waals surface area contributed by atoms with E-state index in [1.165, 1.54) is 6.07 Å². The van der Waals surface area contributed by atoms with Crippen molar-refractivity contribution in [2.24, 2.45) is 0 Å². The predicted octanol–water partition coefficient (Wildman–Crippen LogP) is 2.95. The normalized spacial score (nSPS) is 31.6. The fourth-order valence-electron chi connectivity index (χ4n) is 3.66. The van der Waals surface area contributed by atoms with Crippen LogP contribution < -0.4 is 0 Å². The maximum Gasteiger partial charge on any atom is 0.340 e. The molecule has 2 saturated heterocycles. The lowest BCUT2D eigenvalue weighted by molar-refractivity contribution is -0.000258. The van der Waals surface area contributed by atoms with Crippen LogP contribution in [-0.2, 0) is 4.74 Å². The molecule has 110 valence electrons. The van der Waals surface area contributed by atoms with Crippen molar-refractivity contribution in [3.63, 3.8) is 0 Å². The van der Waals surface area contributed by atoms with Crippen molar-refractivity contribution in [2.75, 3.05) is 7.05 Å². The van der Waals surface area contributed by atoms with Gasteiger partial charge in [-0.25, -0.2) is 4.79 Å². The first-order valence-electron chi connectivity index (χ1n) is 9.38. The number of aromatic nitrogens is 1. The SMILES string of the molecule is [2H]c1cc2c(C(=O)OC3CC4CC[C@H](C3)N4C)c([2H])[nH]c2c([2H])c1[2H]. The monoisotopic (exact) mass is 288 g/mol. The van der Waals surface area contributed by atoms with Crippen LogP contribution in [0.5, 0.6) is 0 Å². The minimum atomic E-state index is -0.582. The van der Waals surface area contributed by atoms with Gasteiger partial charge in [0.1, 0.15) is 6.10 Å². The zero-order chi connectivity index (χ0) is 17.9. The third-order valence-electron chi connectivity index (χ3n) is 4.86. The molecule has 1 aromatic carbocycles. The Hall–Kier alpha value is -1.81. The van der Waals surface area contributed by atoms with Gasteiger partial charge in [0.15, 0.2) is 0 Å². The number of aromatic amines is 1. The molecule has 0 radical (unpaired) electrons. The average Bonchev–Trinajstić information content (AvgIpc) is 2.97. The lowest BCUT2D eigenvalue weighted by atomic mass is 10.0. The van der Waals surface area contributed by atoms with E-state index in [2.05, 4.69) is 16.9 Å². The molecule has 2 fully saturated rings. The van der Waals surface area contributed by atoms with Gasteiger partial charge in [-0.1, -0.05) is 18.2 Å². The maximum atomic E-state index is 12.7. The Morgan fingerprint density at radius 2 is 2.14 bits per heavy atom. The number of rotatable bonds is 2. The van der Waals surface area contributed by atoms with Crippen molar-refractivity contribution in [2.45, 2.75) is 43.9 Å². The molecular weight excluding hydrogens is 264 g/mol. The third-order valence-corrected chi connectivity index (χ3v) is 4.86. The summed E-state index contributed by atoms with van der Waals surface area (Å²) in [6, 6.07) is 1.72. The molecule has 2 aliphatic heterocycles. The van der Waals surface area contributed by atoms with E-state index in [4.69, 9.17) is 10.2 Å². The first-order chi connectivity index (χ1) is 11.9. The second-order valence-corrected chi connectivity index (χ2v) is 6.00. The van der Waals surface area contributed by atoms with Gasteiger partial charge in [-0.15, -0.1) is 0 Å². The Morgan fingerprint density at radius 1 is 1.38 bits per heavy atom. The van der Waals surface area contributed by atoms with Crippen molar-refractivity contribution < 1.29 is 15.0 Å². The first kappa shape index (κ1) is 9.26. The van der Waals surface area contributed by atoms with Crippen LogP contribution in [-0.4, -0.2) is 41.1 Å². The van der Waals surface area contributed by atoms with Crippen molar-refractivity contribution in [1.29, 1.82) is 0 Å². The molecule has 2 aromatic rings. The smallest absolute Gasteiger partial charge is 0.340 e. The van der Waals surface area contributed by atoms with Gasteiger partial charge in [0, 0.05) is 42.0 Å². The molecule has 0 saturated carbocycles. The number of esters is 1. The molecule has 4 rings (SSSR count). The fraction of sp³-hybridized carbons (Fsp3) is 0.471. The summed E-state index contributed by atoms with van der Waals surface area (Å²) < 4.78 is 37.2. The number of hydrogen-bond donors (Lipinski definition) is 1. The third kappa shape index (κ3) is 2.14. The van der Waals surface area contributed by atoms with Gasteiger partial charge in [-0.05, 0) is 25.9 Å². The van der Waals surface area contributed by atoms with Crippen LogP contribution in [0.25, 0.3) is 10.9 Å². The Balaban J connectivity index is 1.64. The number of piperidine rings is 1. The zero-order valence-electron chi connectivity index (χ0n) is 15.9. The molecule has 3 heterocycles. The van der Waals surface area contributed by atoms with E-state index < -0.39 is 5.97 Å². The molecule has 0 aliphatic carbocycles. The Kier molecular flexibility index (Phi) is 2.15. The van der Waals surface area contributed by atoms with Crippen LogP contribution >= 0.6 is 0 Å². The van der Waals surface area contributed by atoms with Crippen LogP contribution in [0.15, 0.2) is 30.4 Å². The first-order valence-corrected chi connectivity index (χ1v) is 7.38. The van der Waals surface area contributed by atoms with Crippen molar-refractivity contribution in [1.82, 2.24) is 9.88 Å². The summed E-state index contributed by atoms with van der Waals surface area (Å²) in [6.45, 7) is 0. The Morgan fingerprint density at radius 3 is 2.90 bits per heavy atom. The molecule has 2 bridgehead atoms. The molecule has 2 aliphatic rings. The average molecular weight is 288 g/mol. The van der Waals surface area contributed by atoms with Crippen LogP contribution in [0.4, 0.5) is 0 Å². The minimum Gasteiger partial charge on any atom is -0.459 e. The van der Waals surface area contributed by atoms with E-state index in [1.807, 2.05) is 0 Å². The van der Waals surface area contributed by atoms with E-state index in [1.54, 1.807) is 0 Å². The summed E-state index contributed by atoms with van der Waals surface area (Å²) >= 11 is 0. The number of benzene rings is 1. The van der Waals surface area contributed by atoms with Gasteiger partial charge in [0.25, 0.3) is 0 Å². The van der Waals surface area contributed by atoms with Gasteiger partial charge in [0.2, 0.25) is 0 Å². The standard InChI is InChI=1S/C17H20N2O2/c1-19-11-6-7-12(19)9-13(8-11)21-17(20)15-10-18-16-5-3-2-4-14(15)16/h2-5,10-13,18H,6-9H2,1H3/t11-,12?,13?/m1/s1/i2D,3D,5D,10D. The van der Waals surface area contributed by atoms with E-state index in [-0.39, 0.29) is 41.5 Å². The van der Waals surface area contributed by atoms with Crippen LogP contribution in [0.1, 0.15) is 41.5 Å². The highest BCUT2D eigenvalue weighted by Gasteiger charge is 2.40. The van der Waals surface area contributed by atoms with Crippen LogP contribution in [0, 0.1) is 0 Å². The molecule has 3 atom stereocenters. The second kappa shape index (κ2) is 4.88. The second-order valence-electron chi connectivity index (χ2n) is 6.00. The number of fused-ring (bicyclic) bond motifs is 3. The summed E-state index contributed by atoms with van der Waals surface area (Å²) in [5.74, 6) is -0.582. The van der Waals surface area contributed by atoms with E-state index in [9.17, 15) is 4.79 Å². The number of nitrogens with one attached hydrogen (secondary N) is 1. The Bertz CT molecular complexity index is 852. The van der Waals surface area contributed by atoms with E-state index in [0.29, 0.717) is 17.5 Å². The summed E-state index contributed by atoms with van der Waals surface area (Å²) in [5.41, 5.74) is 0.296. The van der Waals surface area contributed by atoms with Gasteiger partial charge in [0.05, 0.1) is 11.0 Å². The summed E-state index contributed by atoms with van der Waals surface area (Å²) in [6.07, 6.45) is 3.57. The highest BCUT2D eigenvalue weighted by molar-refractivity contribution is 6.04. The van der Waals surface area contributed by atoms with Gasteiger partial charge in [-0.3, -0.25) is 0 Å². The molecule has 2 unspecified atom stereocenters. The number of para-hydroxylation sites is 1. The number of carbonyl (C=O) groups excluding carboxylic acids is 1. The maximum absolute atomic E-state index is 12.7. The van der Waals surface area contributed by atoms with Crippen LogP contribution in [0.2, 0.25) is 0 Å². The summed E-state index contributed by atoms with van der Waals surface area (Å²) in [4.78, 5) is 17.7. The highest BCUT2D eigenvalue weighted by Crippen LogP contribution is 2.35. The largest absolute Gasteiger partial charge is 0.459 e. The molecule has 0 amide bonds. The number of carbonyl (C=O) groups is 1. The molecule has 1 N–H and O–H groups in total. The summed E-state index contributed by atoms with van der Waals surface area (Å²) in [5, 5.41) is 0.317. The minimum absolute atomic E-state index is 0.0586. The number of H-pyrrole nitrogens is 1. The Labute approximate surface area is 129 Å². The molecule has 4 nitrogen and oxygen atoms in total.